The van der Waals surface area contributed by atoms with E-state index in [-0.39, 0.29) is 18.6 Å². The van der Waals surface area contributed by atoms with Crippen LogP contribution in [0, 0.1) is 5.92 Å². The SMILES string of the molecule is C=C1C(CO)CCC1n1ccc2c(N)ncnc21.CF. The van der Waals surface area contributed by atoms with Crippen molar-refractivity contribution in [3.63, 3.8) is 0 Å². The molecule has 2 unspecified atom stereocenters. The molecule has 20 heavy (non-hydrogen) atoms. The van der Waals surface area contributed by atoms with Gasteiger partial charge < -0.3 is 15.4 Å². The van der Waals surface area contributed by atoms with E-state index in [1.807, 2.05) is 12.3 Å². The molecule has 5 nitrogen and oxygen atoms in total. The van der Waals surface area contributed by atoms with Gasteiger partial charge in [-0.25, -0.2) is 9.97 Å². The van der Waals surface area contributed by atoms with Gasteiger partial charge in [-0.2, -0.15) is 0 Å². The van der Waals surface area contributed by atoms with Gasteiger partial charge in [-0.15, -0.1) is 0 Å². The van der Waals surface area contributed by atoms with Crippen LogP contribution in [-0.2, 0) is 0 Å². The number of aromatic nitrogens is 3. The Morgan fingerprint density at radius 1 is 1.45 bits per heavy atom. The summed E-state index contributed by atoms with van der Waals surface area (Å²) in [5.74, 6) is 0.702. The van der Waals surface area contributed by atoms with Crippen molar-refractivity contribution in [1.82, 2.24) is 14.5 Å². The van der Waals surface area contributed by atoms with Gasteiger partial charge in [0.25, 0.3) is 0 Å². The fourth-order valence-corrected chi connectivity index (χ4v) is 2.77. The maximum Gasteiger partial charge on any atom is 0.146 e. The average Bonchev–Trinajstić information content (AvgIpc) is 3.05. The lowest BCUT2D eigenvalue weighted by Gasteiger charge is -2.16. The summed E-state index contributed by atoms with van der Waals surface area (Å²) >= 11 is 0. The van der Waals surface area contributed by atoms with Crippen LogP contribution >= 0.6 is 0 Å². The van der Waals surface area contributed by atoms with Gasteiger partial charge in [-0.1, -0.05) is 6.58 Å². The third-order valence-electron chi connectivity index (χ3n) is 3.84. The summed E-state index contributed by atoms with van der Waals surface area (Å²) in [6.45, 7) is 4.29. The van der Waals surface area contributed by atoms with Gasteiger partial charge in [-0.3, -0.25) is 4.39 Å². The fourth-order valence-electron chi connectivity index (χ4n) is 2.77. The highest BCUT2D eigenvalue weighted by molar-refractivity contribution is 5.86. The first-order valence-electron chi connectivity index (χ1n) is 6.46. The molecule has 1 aliphatic carbocycles. The van der Waals surface area contributed by atoms with Crippen LogP contribution in [0.3, 0.4) is 0 Å². The Balaban J connectivity index is 0.000000704. The van der Waals surface area contributed by atoms with E-state index in [0.717, 1.165) is 29.4 Å². The van der Waals surface area contributed by atoms with Gasteiger partial charge in [0.2, 0.25) is 0 Å². The maximum absolute atomic E-state index is 9.50. The van der Waals surface area contributed by atoms with E-state index < -0.39 is 0 Å². The number of hydrogen-bond donors (Lipinski definition) is 2. The molecule has 0 aliphatic heterocycles. The number of hydrogen-bond acceptors (Lipinski definition) is 4. The van der Waals surface area contributed by atoms with Crippen LogP contribution in [0.25, 0.3) is 11.0 Å². The summed E-state index contributed by atoms with van der Waals surface area (Å²) in [5.41, 5.74) is 7.75. The molecule has 0 bridgehead atoms. The molecule has 2 heterocycles. The van der Waals surface area contributed by atoms with Crippen LogP contribution in [0.2, 0.25) is 0 Å². The molecule has 0 radical (unpaired) electrons. The third kappa shape index (κ3) is 2.27. The van der Waals surface area contributed by atoms with Gasteiger partial charge in [0.1, 0.15) is 17.8 Å². The summed E-state index contributed by atoms with van der Waals surface area (Å²) in [6, 6.07) is 2.14. The minimum atomic E-state index is 0.172. The zero-order valence-electron chi connectivity index (χ0n) is 11.5. The average molecular weight is 278 g/mol. The molecule has 1 fully saturated rings. The molecule has 108 valence electrons. The number of nitrogens with two attached hydrogens (primary N) is 1. The molecule has 2 atom stereocenters. The van der Waals surface area contributed by atoms with E-state index in [0.29, 0.717) is 13.0 Å². The Bertz CT molecular complexity index is 610. The summed E-state index contributed by atoms with van der Waals surface area (Å²) < 4.78 is 11.6. The number of aliphatic hydroxyl groups excluding tert-OH is 1. The van der Waals surface area contributed by atoms with Gasteiger partial charge in [-0.05, 0) is 24.5 Å². The van der Waals surface area contributed by atoms with Gasteiger partial charge in [0.15, 0.2) is 0 Å². The van der Waals surface area contributed by atoms with Crippen LogP contribution < -0.4 is 5.73 Å². The first-order chi connectivity index (χ1) is 9.72. The standard InChI is InChI=1S/C13H16N4O.CH3F/c1-8-9(6-18)2-3-11(8)17-5-4-10-12(14)15-7-16-13(10)17;1-2/h4-5,7,9,11,18H,1-3,6H2,(H2,14,15,16);1H3. The van der Waals surface area contributed by atoms with Crippen LogP contribution in [-0.4, -0.2) is 33.4 Å². The van der Waals surface area contributed by atoms with Crippen molar-refractivity contribution in [2.24, 2.45) is 5.92 Å². The Labute approximate surface area is 117 Å². The molecule has 0 aromatic carbocycles. The van der Waals surface area contributed by atoms with E-state index >= 15 is 0 Å². The molecule has 6 heteroatoms. The van der Waals surface area contributed by atoms with E-state index in [1.54, 1.807) is 0 Å². The van der Waals surface area contributed by atoms with Crippen molar-refractivity contribution < 1.29 is 9.50 Å². The monoisotopic (exact) mass is 278 g/mol. The Hall–Kier alpha value is -1.95. The van der Waals surface area contributed by atoms with Crippen molar-refractivity contribution >= 4 is 16.9 Å². The molecular formula is C14H19FN4O. The van der Waals surface area contributed by atoms with Crippen molar-refractivity contribution in [1.29, 1.82) is 0 Å². The lowest BCUT2D eigenvalue weighted by molar-refractivity contribution is 0.249. The second kappa shape index (κ2) is 6.00. The number of anilines is 1. The maximum atomic E-state index is 9.50. The highest BCUT2D eigenvalue weighted by atomic mass is 19.1. The molecule has 2 aromatic rings. The number of aliphatic hydroxyl groups is 1. The number of alkyl halides is 1. The highest BCUT2D eigenvalue weighted by Crippen LogP contribution is 2.40. The predicted octanol–water partition coefficient (Wildman–Crippen LogP) is 2.10. The topological polar surface area (TPSA) is 77.0 Å². The van der Waals surface area contributed by atoms with Gasteiger partial charge in [0, 0.05) is 18.7 Å². The first-order valence-corrected chi connectivity index (χ1v) is 6.46. The molecule has 2 aromatic heterocycles. The first kappa shape index (κ1) is 14.5. The number of fused-ring (bicyclic) bond motifs is 1. The zero-order chi connectivity index (χ0) is 14.7. The Morgan fingerprint density at radius 2 is 2.20 bits per heavy atom. The van der Waals surface area contributed by atoms with Crippen molar-refractivity contribution in [3.8, 4) is 0 Å². The van der Waals surface area contributed by atoms with Crippen LogP contribution in [0.4, 0.5) is 10.2 Å². The molecule has 0 amide bonds. The van der Waals surface area contributed by atoms with E-state index in [1.165, 1.54) is 6.33 Å². The molecular weight excluding hydrogens is 259 g/mol. The summed E-state index contributed by atoms with van der Waals surface area (Å²) in [6.07, 6.45) is 5.42. The second-order valence-electron chi connectivity index (χ2n) is 4.77. The quantitative estimate of drug-likeness (QED) is 0.825. The predicted molar refractivity (Wildman–Crippen MR) is 77.0 cm³/mol. The van der Waals surface area contributed by atoms with Crippen molar-refractivity contribution in [2.45, 2.75) is 18.9 Å². The molecule has 3 N–H and O–H groups in total. The number of halogens is 1. The summed E-state index contributed by atoms with van der Waals surface area (Å²) in [4.78, 5) is 8.29. The van der Waals surface area contributed by atoms with Crippen molar-refractivity contribution in [2.75, 3.05) is 19.5 Å². The number of nitrogens with zero attached hydrogens (tertiary/aromatic N) is 3. The molecule has 1 saturated carbocycles. The minimum absolute atomic E-state index is 0.172. The van der Waals surface area contributed by atoms with Gasteiger partial charge >= 0.3 is 0 Å². The van der Waals surface area contributed by atoms with Crippen LogP contribution in [0.15, 0.2) is 30.7 Å². The Kier molecular flexibility index (Phi) is 4.34. The third-order valence-corrected chi connectivity index (χ3v) is 3.84. The highest BCUT2D eigenvalue weighted by Gasteiger charge is 2.30. The molecule has 0 spiro atoms. The largest absolute Gasteiger partial charge is 0.396 e. The zero-order valence-corrected chi connectivity index (χ0v) is 11.5. The van der Waals surface area contributed by atoms with Crippen LogP contribution in [0.5, 0.6) is 0 Å². The fraction of sp³-hybridized carbons (Fsp3) is 0.429. The lowest BCUT2D eigenvalue weighted by Crippen LogP contribution is -2.10. The number of nitrogen functional groups attached to an aromatic ring is 1. The summed E-state index contributed by atoms with van der Waals surface area (Å²) in [7, 11) is 0.500. The molecule has 1 aliphatic rings. The van der Waals surface area contributed by atoms with E-state index in [9.17, 15) is 9.50 Å². The van der Waals surface area contributed by atoms with E-state index in [4.69, 9.17) is 5.73 Å². The summed E-state index contributed by atoms with van der Waals surface area (Å²) in [5, 5.41) is 10.2. The second-order valence-corrected chi connectivity index (χ2v) is 4.77. The van der Waals surface area contributed by atoms with Crippen molar-refractivity contribution in [3.05, 3.63) is 30.7 Å². The normalized spacial score (nSPS) is 21.9. The lowest BCUT2D eigenvalue weighted by atomic mass is 10.0. The Morgan fingerprint density at radius 3 is 2.85 bits per heavy atom. The minimum Gasteiger partial charge on any atom is -0.396 e. The van der Waals surface area contributed by atoms with Crippen LogP contribution in [0.1, 0.15) is 18.9 Å². The van der Waals surface area contributed by atoms with Gasteiger partial charge in [0.05, 0.1) is 18.6 Å². The number of rotatable bonds is 2. The van der Waals surface area contributed by atoms with E-state index in [2.05, 4.69) is 21.1 Å². The molecule has 3 rings (SSSR count). The molecule has 0 saturated heterocycles. The smallest absolute Gasteiger partial charge is 0.146 e.